The summed E-state index contributed by atoms with van der Waals surface area (Å²) in [6.07, 6.45) is 1.46. The van der Waals surface area contributed by atoms with Crippen LogP contribution in [0.15, 0.2) is 47.1 Å². The molecule has 0 unspecified atom stereocenters. The van der Waals surface area contributed by atoms with Crippen LogP contribution in [0.2, 0.25) is 0 Å². The van der Waals surface area contributed by atoms with E-state index >= 15 is 0 Å². The second kappa shape index (κ2) is 7.26. The molecule has 0 fully saturated rings. The number of carbonyl (C=O) groups excluding carboxylic acids is 2. The molecule has 0 spiro atoms. The standard InChI is InChI=1S/C19H20N4O3/c1-12-10-14(22-21-12)11-23(3)19(25)16-6-4-5-7-17(16)20-18(24)15-8-9-26-13(15)2/h4-10H,11H2,1-3H3,(H,20,24)(H,21,22). The fourth-order valence-corrected chi connectivity index (χ4v) is 2.66. The van der Waals surface area contributed by atoms with Gasteiger partial charge in [0.05, 0.1) is 35.3 Å². The van der Waals surface area contributed by atoms with Gasteiger partial charge < -0.3 is 14.6 Å². The summed E-state index contributed by atoms with van der Waals surface area (Å²) in [5, 5.41) is 9.79. The molecule has 0 radical (unpaired) electrons. The summed E-state index contributed by atoms with van der Waals surface area (Å²) in [4.78, 5) is 26.8. The van der Waals surface area contributed by atoms with Gasteiger partial charge in [0, 0.05) is 12.7 Å². The van der Waals surface area contributed by atoms with Crippen molar-refractivity contribution >= 4 is 17.5 Å². The molecular formula is C19H20N4O3. The van der Waals surface area contributed by atoms with E-state index in [0.29, 0.717) is 29.1 Å². The van der Waals surface area contributed by atoms with Crippen LogP contribution in [-0.4, -0.2) is 34.0 Å². The number of aryl methyl sites for hydroxylation is 2. The average Bonchev–Trinajstić information content (AvgIpc) is 3.22. The maximum Gasteiger partial charge on any atom is 0.259 e. The molecule has 26 heavy (non-hydrogen) atoms. The van der Waals surface area contributed by atoms with Gasteiger partial charge >= 0.3 is 0 Å². The summed E-state index contributed by atoms with van der Waals surface area (Å²) < 4.78 is 5.16. The van der Waals surface area contributed by atoms with Crippen molar-refractivity contribution in [2.24, 2.45) is 0 Å². The third-order valence-electron chi connectivity index (χ3n) is 4.01. The topological polar surface area (TPSA) is 91.2 Å². The molecular weight excluding hydrogens is 332 g/mol. The minimum absolute atomic E-state index is 0.203. The molecule has 0 saturated carbocycles. The van der Waals surface area contributed by atoms with Crippen LogP contribution in [0.3, 0.4) is 0 Å². The number of aromatic amines is 1. The van der Waals surface area contributed by atoms with Crippen molar-refractivity contribution in [1.82, 2.24) is 15.1 Å². The number of hydrogen-bond acceptors (Lipinski definition) is 4. The maximum atomic E-state index is 12.8. The molecule has 1 aromatic carbocycles. The molecule has 2 aromatic heterocycles. The molecule has 134 valence electrons. The normalized spacial score (nSPS) is 10.6. The van der Waals surface area contributed by atoms with E-state index in [9.17, 15) is 9.59 Å². The van der Waals surface area contributed by atoms with Crippen molar-refractivity contribution in [2.45, 2.75) is 20.4 Å². The highest BCUT2D eigenvalue weighted by Crippen LogP contribution is 2.20. The number of amides is 2. The number of nitrogens with zero attached hydrogens (tertiary/aromatic N) is 2. The van der Waals surface area contributed by atoms with Crippen molar-refractivity contribution in [3.05, 3.63) is 70.9 Å². The number of nitrogens with one attached hydrogen (secondary N) is 2. The van der Waals surface area contributed by atoms with Crippen LogP contribution < -0.4 is 5.32 Å². The summed E-state index contributed by atoms with van der Waals surface area (Å²) in [5.74, 6) is 0.00451. The summed E-state index contributed by atoms with van der Waals surface area (Å²) in [7, 11) is 1.70. The van der Waals surface area contributed by atoms with E-state index in [4.69, 9.17) is 4.42 Å². The minimum atomic E-state index is -0.318. The molecule has 2 N–H and O–H groups in total. The lowest BCUT2D eigenvalue weighted by molar-refractivity contribution is 0.0784. The smallest absolute Gasteiger partial charge is 0.259 e. The first-order valence-corrected chi connectivity index (χ1v) is 8.16. The lowest BCUT2D eigenvalue weighted by Gasteiger charge is -2.18. The Labute approximate surface area is 151 Å². The quantitative estimate of drug-likeness (QED) is 0.738. The van der Waals surface area contributed by atoms with Crippen LogP contribution in [0.25, 0.3) is 0 Å². The number of furan rings is 1. The Bertz CT molecular complexity index is 942. The van der Waals surface area contributed by atoms with Gasteiger partial charge in [-0.15, -0.1) is 0 Å². The first-order valence-electron chi connectivity index (χ1n) is 8.16. The van der Waals surface area contributed by atoms with E-state index in [-0.39, 0.29) is 11.8 Å². The third-order valence-corrected chi connectivity index (χ3v) is 4.01. The Morgan fingerprint density at radius 1 is 1.19 bits per heavy atom. The molecule has 3 rings (SSSR count). The van der Waals surface area contributed by atoms with Crippen LogP contribution in [0, 0.1) is 13.8 Å². The second-order valence-corrected chi connectivity index (χ2v) is 6.09. The molecule has 2 amide bonds. The summed E-state index contributed by atoms with van der Waals surface area (Å²) in [5.41, 5.74) is 3.01. The number of carbonyl (C=O) groups is 2. The largest absolute Gasteiger partial charge is 0.469 e. The molecule has 0 aliphatic heterocycles. The van der Waals surface area contributed by atoms with Gasteiger partial charge in [0.15, 0.2) is 0 Å². The third kappa shape index (κ3) is 3.66. The highest BCUT2D eigenvalue weighted by molar-refractivity contribution is 6.09. The van der Waals surface area contributed by atoms with Crippen LogP contribution in [0.5, 0.6) is 0 Å². The molecule has 0 aliphatic carbocycles. The van der Waals surface area contributed by atoms with Gasteiger partial charge in [0.25, 0.3) is 11.8 Å². The van der Waals surface area contributed by atoms with E-state index in [2.05, 4.69) is 15.5 Å². The molecule has 2 heterocycles. The van der Waals surface area contributed by atoms with Crippen molar-refractivity contribution in [3.63, 3.8) is 0 Å². The first-order chi connectivity index (χ1) is 12.5. The first kappa shape index (κ1) is 17.5. The van der Waals surface area contributed by atoms with Crippen molar-refractivity contribution < 1.29 is 14.0 Å². The SMILES string of the molecule is Cc1cc(CN(C)C(=O)c2ccccc2NC(=O)c2ccoc2C)n[nH]1. The number of anilines is 1. The molecule has 0 bridgehead atoms. The molecule has 0 saturated heterocycles. The second-order valence-electron chi connectivity index (χ2n) is 6.09. The average molecular weight is 352 g/mol. The van der Waals surface area contributed by atoms with E-state index < -0.39 is 0 Å². The van der Waals surface area contributed by atoms with Gasteiger partial charge in [-0.3, -0.25) is 14.7 Å². The lowest BCUT2D eigenvalue weighted by Crippen LogP contribution is -2.27. The van der Waals surface area contributed by atoms with Gasteiger partial charge in [-0.05, 0) is 38.1 Å². The number of para-hydroxylation sites is 1. The van der Waals surface area contributed by atoms with Crippen LogP contribution in [0.4, 0.5) is 5.69 Å². The predicted octanol–water partition coefficient (Wildman–Crippen LogP) is 3.14. The zero-order valence-electron chi connectivity index (χ0n) is 14.9. The van der Waals surface area contributed by atoms with Crippen LogP contribution in [-0.2, 0) is 6.54 Å². The number of H-pyrrole nitrogens is 1. The number of rotatable bonds is 5. The van der Waals surface area contributed by atoms with Crippen LogP contribution >= 0.6 is 0 Å². The summed E-state index contributed by atoms with van der Waals surface area (Å²) in [6.45, 7) is 3.99. The number of aromatic nitrogens is 2. The fourth-order valence-electron chi connectivity index (χ4n) is 2.66. The Hall–Kier alpha value is -3.35. The molecule has 7 heteroatoms. The van der Waals surface area contributed by atoms with Crippen molar-refractivity contribution in [3.8, 4) is 0 Å². The molecule has 0 atom stereocenters. The summed E-state index contributed by atoms with van der Waals surface area (Å²) >= 11 is 0. The number of benzene rings is 1. The highest BCUT2D eigenvalue weighted by Gasteiger charge is 2.19. The van der Waals surface area contributed by atoms with Gasteiger partial charge in [-0.25, -0.2) is 0 Å². The van der Waals surface area contributed by atoms with E-state index in [1.807, 2.05) is 13.0 Å². The molecule has 3 aromatic rings. The lowest BCUT2D eigenvalue weighted by atomic mass is 10.1. The van der Waals surface area contributed by atoms with Gasteiger partial charge in [0.1, 0.15) is 5.76 Å². The van der Waals surface area contributed by atoms with E-state index in [0.717, 1.165) is 11.4 Å². The Kier molecular flexibility index (Phi) is 4.88. The fraction of sp³-hybridized carbons (Fsp3) is 0.211. The monoisotopic (exact) mass is 352 g/mol. The molecule has 7 nitrogen and oxygen atoms in total. The minimum Gasteiger partial charge on any atom is -0.469 e. The highest BCUT2D eigenvalue weighted by atomic mass is 16.3. The van der Waals surface area contributed by atoms with Crippen LogP contribution in [0.1, 0.15) is 37.9 Å². The maximum absolute atomic E-state index is 12.8. The van der Waals surface area contributed by atoms with Gasteiger partial charge in [-0.2, -0.15) is 5.10 Å². The van der Waals surface area contributed by atoms with E-state index in [1.54, 1.807) is 49.2 Å². The van der Waals surface area contributed by atoms with Gasteiger partial charge in [0.2, 0.25) is 0 Å². The van der Waals surface area contributed by atoms with Crippen molar-refractivity contribution in [1.29, 1.82) is 0 Å². The van der Waals surface area contributed by atoms with Gasteiger partial charge in [-0.1, -0.05) is 12.1 Å². The Morgan fingerprint density at radius 2 is 1.96 bits per heavy atom. The Balaban J connectivity index is 1.78. The zero-order chi connectivity index (χ0) is 18.7. The Morgan fingerprint density at radius 3 is 2.62 bits per heavy atom. The zero-order valence-corrected chi connectivity index (χ0v) is 14.9. The van der Waals surface area contributed by atoms with E-state index in [1.165, 1.54) is 6.26 Å². The summed E-state index contributed by atoms with van der Waals surface area (Å²) in [6, 6.07) is 10.4. The number of hydrogen-bond donors (Lipinski definition) is 2. The predicted molar refractivity (Wildman–Crippen MR) is 97.0 cm³/mol. The van der Waals surface area contributed by atoms with Crippen molar-refractivity contribution in [2.75, 3.05) is 12.4 Å². The molecule has 0 aliphatic rings.